The van der Waals surface area contributed by atoms with Crippen molar-refractivity contribution >= 4 is 33.3 Å². The molecule has 2 aliphatic carbocycles. The smallest absolute Gasteiger partial charge is 0.227 e. The number of carbonyl (C=O) groups is 2. The van der Waals surface area contributed by atoms with Crippen molar-refractivity contribution in [2.45, 2.75) is 32.1 Å². The van der Waals surface area contributed by atoms with Gasteiger partial charge in [0.1, 0.15) is 5.78 Å². The summed E-state index contributed by atoms with van der Waals surface area (Å²) in [6, 6.07) is 7.59. The number of amides is 1. The van der Waals surface area contributed by atoms with Crippen LogP contribution < -0.4 is 5.32 Å². The molecule has 1 aromatic carbocycles. The first-order chi connectivity index (χ1) is 9.63. The molecule has 106 valence electrons. The van der Waals surface area contributed by atoms with Gasteiger partial charge in [-0.25, -0.2) is 0 Å². The van der Waals surface area contributed by atoms with Crippen LogP contribution in [0.2, 0.25) is 0 Å². The first-order valence-electron chi connectivity index (χ1n) is 7.23. The van der Waals surface area contributed by atoms with E-state index in [9.17, 15) is 9.59 Å². The van der Waals surface area contributed by atoms with Crippen LogP contribution in [0.15, 0.2) is 28.7 Å². The van der Waals surface area contributed by atoms with Gasteiger partial charge >= 0.3 is 0 Å². The number of benzene rings is 1. The molecular weight excluding hydrogens is 318 g/mol. The Kier molecular flexibility index (Phi) is 3.92. The number of hydrogen-bond acceptors (Lipinski definition) is 2. The van der Waals surface area contributed by atoms with Crippen LogP contribution >= 0.6 is 15.9 Å². The lowest BCUT2D eigenvalue weighted by molar-refractivity contribution is -0.136. The fraction of sp³-hybridized carbons (Fsp3) is 0.500. The Morgan fingerprint density at radius 2 is 1.70 bits per heavy atom. The van der Waals surface area contributed by atoms with E-state index in [0.29, 0.717) is 5.78 Å². The summed E-state index contributed by atoms with van der Waals surface area (Å²) in [5.74, 6) is 0.721. The van der Waals surface area contributed by atoms with Crippen molar-refractivity contribution in [1.29, 1.82) is 0 Å². The lowest BCUT2D eigenvalue weighted by Crippen LogP contribution is -2.40. The molecule has 0 saturated heterocycles. The van der Waals surface area contributed by atoms with Crippen LogP contribution in [-0.4, -0.2) is 11.7 Å². The number of rotatable bonds is 2. The molecule has 2 aliphatic rings. The highest BCUT2D eigenvalue weighted by Crippen LogP contribution is 2.40. The average molecular weight is 336 g/mol. The van der Waals surface area contributed by atoms with Crippen molar-refractivity contribution in [3.8, 4) is 0 Å². The van der Waals surface area contributed by atoms with E-state index in [1.807, 2.05) is 24.3 Å². The van der Waals surface area contributed by atoms with Gasteiger partial charge in [-0.2, -0.15) is 0 Å². The van der Waals surface area contributed by atoms with E-state index < -0.39 is 0 Å². The molecule has 2 saturated carbocycles. The van der Waals surface area contributed by atoms with Crippen molar-refractivity contribution in [3.05, 3.63) is 28.7 Å². The first-order valence-corrected chi connectivity index (χ1v) is 8.03. The number of Topliss-reactive ketones (excluding diaryl/α,β-unsaturated/α-hetero) is 1. The maximum atomic E-state index is 12.4. The van der Waals surface area contributed by atoms with Crippen LogP contribution in [0.5, 0.6) is 0 Å². The molecule has 0 spiro atoms. The SMILES string of the molecule is O=C(Nc1ccc(Br)cc1)C1C[C@H]2CCC[C@@H](C1)C2=O. The summed E-state index contributed by atoms with van der Waals surface area (Å²) in [6.45, 7) is 0. The van der Waals surface area contributed by atoms with E-state index in [4.69, 9.17) is 0 Å². The standard InChI is InChI=1S/C16H18BrNO2/c17-13-4-6-14(7-5-13)18-16(20)12-8-10-2-1-3-11(9-12)15(10)19/h4-7,10-12H,1-3,8-9H2,(H,18,20)/t10-,11+,12?. The average Bonchev–Trinajstić information content (AvgIpc) is 2.41. The summed E-state index contributed by atoms with van der Waals surface area (Å²) in [5, 5.41) is 2.97. The molecule has 1 amide bonds. The molecule has 3 atom stereocenters. The van der Waals surface area contributed by atoms with Gasteiger partial charge in [0.25, 0.3) is 0 Å². The third-order valence-corrected chi connectivity index (χ3v) is 5.06. The number of ketones is 1. The lowest BCUT2D eigenvalue weighted by atomic mass is 9.67. The minimum Gasteiger partial charge on any atom is -0.326 e. The zero-order chi connectivity index (χ0) is 14.1. The summed E-state index contributed by atoms with van der Waals surface area (Å²) in [5.41, 5.74) is 0.820. The molecule has 1 unspecified atom stereocenters. The first kappa shape index (κ1) is 13.8. The van der Waals surface area contributed by atoms with Crippen LogP contribution in [-0.2, 0) is 9.59 Å². The lowest BCUT2D eigenvalue weighted by Gasteiger charge is -2.36. The normalized spacial score (nSPS) is 29.1. The molecule has 4 heteroatoms. The second-order valence-electron chi connectivity index (χ2n) is 5.89. The van der Waals surface area contributed by atoms with Crippen LogP contribution in [0.3, 0.4) is 0 Å². The largest absolute Gasteiger partial charge is 0.326 e. The molecule has 20 heavy (non-hydrogen) atoms. The van der Waals surface area contributed by atoms with Gasteiger partial charge in [0.2, 0.25) is 5.91 Å². The predicted molar refractivity (Wildman–Crippen MR) is 81.3 cm³/mol. The van der Waals surface area contributed by atoms with Crippen molar-refractivity contribution < 1.29 is 9.59 Å². The Hall–Kier alpha value is -1.16. The van der Waals surface area contributed by atoms with Gasteiger partial charge in [-0.05, 0) is 49.9 Å². The van der Waals surface area contributed by atoms with Gasteiger partial charge in [0.15, 0.2) is 0 Å². The number of nitrogens with one attached hydrogen (secondary N) is 1. The Morgan fingerprint density at radius 3 is 2.30 bits per heavy atom. The van der Waals surface area contributed by atoms with E-state index in [1.54, 1.807) is 0 Å². The highest BCUT2D eigenvalue weighted by atomic mass is 79.9. The minimum atomic E-state index is -0.00773. The van der Waals surface area contributed by atoms with Gasteiger partial charge in [-0.3, -0.25) is 9.59 Å². The van der Waals surface area contributed by atoms with Crippen molar-refractivity contribution in [1.82, 2.24) is 0 Å². The van der Waals surface area contributed by atoms with Gasteiger partial charge in [-0.15, -0.1) is 0 Å². The molecule has 1 N–H and O–H groups in total. The number of halogens is 1. The van der Waals surface area contributed by atoms with E-state index in [2.05, 4.69) is 21.2 Å². The Morgan fingerprint density at radius 1 is 1.10 bits per heavy atom. The molecule has 2 bridgehead atoms. The van der Waals surface area contributed by atoms with Crippen molar-refractivity contribution in [2.75, 3.05) is 5.32 Å². The monoisotopic (exact) mass is 335 g/mol. The Bertz CT molecular complexity index is 510. The summed E-state index contributed by atoms with van der Waals surface area (Å²) in [7, 11) is 0. The van der Waals surface area contributed by atoms with Gasteiger partial charge in [0.05, 0.1) is 0 Å². The molecule has 2 fully saturated rings. The molecule has 0 aromatic heterocycles. The zero-order valence-electron chi connectivity index (χ0n) is 11.3. The van der Waals surface area contributed by atoms with Gasteiger partial charge in [-0.1, -0.05) is 22.4 Å². The number of carbonyl (C=O) groups excluding carboxylic acids is 2. The Balaban J connectivity index is 1.66. The maximum absolute atomic E-state index is 12.4. The second kappa shape index (κ2) is 5.68. The summed E-state index contributed by atoms with van der Waals surface area (Å²) in [4.78, 5) is 24.4. The summed E-state index contributed by atoms with van der Waals surface area (Å²) >= 11 is 3.38. The molecule has 3 nitrogen and oxygen atoms in total. The van der Waals surface area contributed by atoms with Crippen molar-refractivity contribution in [2.24, 2.45) is 17.8 Å². The third kappa shape index (κ3) is 2.80. The topological polar surface area (TPSA) is 46.2 Å². The summed E-state index contributed by atoms with van der Waals surface area (Å²) < 4.78 is 0.994. The van der Waals surface area contributed by atoms with Gasteiger partial charge < -0.3 is 5.32 Å². The quantitative estimate of drug-likeness (QED) is 0.893. The van der Waals surface area contributed by atoms with Crippen molar-refractivity contribution in [3.63, 3.8) is 0 Å². The van der Waals surface area contributed by atoms with E-state index >= 15 is 0 Å². The predicted octanol–water partition coefficient (Wildman–Crippen LogP) is 3.78. The minimum absolute atomic E-state index is 0.00773. The maximum Gasteiger partial charge on any atom is 0.227 e. The van der Waals surface area contributed by atoms with Crippen LogP contribution in [0, 0.1) is 17.8 Å². The number of anilines is 1. The number of hydrogen-bond donors (Lipinski definition) is 1. The molecule has 0 heterocycles. The zero-order valence-corrected chi connectivity index (χ0v) is 12.9. The fourth-order valence-electron chi connectivity index (χ4n) is 3.47. The molecule has 1 aromatic rings. The summed E-state index contributed by atoms with van der Waals surface area (Å²) in [6.07, 6.45) is 4.55. The third-order valence-electron chi connectivity index (χ3n) is 4.53. The number of fused-ring (bicyclic) bond motifs is 2. The van der Waals surface area contributed by atoms with Crippen LogP contribution in [0.1, 0.15) is 32.1 Å². The molecule has 0 aliphatic heterocycles. The molecule has 3 rings (SSSR count). The van der Waals surface area contributed by atoms with Crippen LogP contribution in [0.25, 0.3) is 0 Å². The second-order valence-corrected chi connectivity index (χ2v) is 6.81. The molecular formula is C16H18BrNO2. The van der Waals surface area contributed by atoms with Crippen LogP contribution in [0.4, 0.5) is 5.69 Å². The highest BCUT2D eigenvalue weighted by Gasteiger charge is 2.41. The van der Waals surface area contributed by atoms with E-state index in [0.717, 1.165) is 42.3 Å². The highest BCUT2D eigenvalue weighted by molar-refractivity contribution is 9.10. The molecule has 0 radical (unpaired) electrons. The fourth-order valence-corrected chi connectivity index (χ4v) is 3.74. The van der Waals surface area contributed by atoms with E-state index in [1.165, 1.54) is 0 Å². The van der Waals surface area contributed by atoms with Gasteiger partial charge in [0, 0.05) is 27.9 Å². The van der Waals surface area contributed by atoms with E-state index in [-0.39, 0.29) is 23.7 Å². The Labute approximate surface area is 127 Å².